The highest BCUT2D eigenvalue weighted by molar-refractivity contribution is 6.10. The van der Waals surface area contributed by atoms with Crippen LogP contribution in [0.3, 0.4) is 0 Å². The fourth-order valence-electron chi connectivity index (χ4n) is 9.26. The number of nitrogens with zero attached hydrogens (tertiary/aromatic N) is 3. The second kappa shape index (κ2) is 14.1. The molecule has 0 saturated heterocycles. The van der Waals surface area contributed by atoms with Crippen molar-refractivity contribution in [1.82, 2.24) is 4.57 Å². The first-order chi connectivity index (χ1) is 28.6. The van der Waals surface area contributed by atoms with Crippen molar-refractivity contribution in [2.45, 2.75) is 5.41 Å². The van der Waals surface area contributed by atoms with Crippen molar-refractivity contribution in [3.63, 3.8) is 0 Å². The molecule has 2 aliphatic rings. The molecule has 1 unspecified atom stereocenters. The standard InChI is InChI=1S/C51H37N3O4/c1-53-35-15-18-42-40-16-12-32(31-52)24-46(40)51(48(42)27-35)45-10-6-4-8-39(45)41-17-13-34(26-47(41)51)33-14-19-50-44(25-33)43-9-5-7-11-49(43)54(50)36-28-37(57-22-20-55-2)30-38(29-36)58-23-21-56-3/h4-19,24-30H,20-23H2,2-3H3. The first-order valence-corrected chi connectivity index (χ1v) is 19.3. The largest absolute Gasteiger partial charge is 0.491 e. The van der Waals surface area contributed by atoms with Gasteiger partial charge in [0, 0.05) is 43.2 Å². The molecule has 0 amide bonds. The zero-order valence-electron chi connectivity index (χ0n) is 32.1. The number of benzene rings is 7. The van der Waals surface area contributed by atoms with Crippen LogP contribution in [-0.4, -0.2) is 45.2 Å². The Balaban J connectivity index is 1.16. The Labute approximate surface area is 336 Å². The van der Waals surface area contributed by atoms with Crippen molar-refractivity contribution < 1.29 is 18.9 Å². The van der Waals surface area contributed by atoms with Crippen LogP contribution in [0.4, 0.5) is 5.69 Å². The van der Waals surface area contributed by atoms with Gasteiger partial charge >= 0.3 is 0 Å². The van der Waals surface area contributed by atoms with Gasteiger partial charge in [0.05, 0.1) is 53.6 Å². The van der Waals surface area contributed by atoms with Gasteiger partial charge in [-0.1, -0.05) is 84.9 Å². The Kier molecular flexibility index (Phi) is 8.57. The molecule has 8 aromatic rings. The third-order valence-electron chi connectivity index (χ3n) is 11.7. The third kappa shape index (κ3) is 5.33. The molecule has 1 heterocycles. The van der Waals surface area contributed by atoms with Gasteiger partial charge in [-0.25, -0.2) is 4.85 Å². The van der Waals surface area contributed by atoms with Gasteiger partial charge < -0.3 is 23.5 Å². The van der Waals surface area contributed by atoms with Crippen molar-refractivity contribution in [2.24, 2.45) is 0 Å². The topological polar surface area (TPSA) is 70.0 Å². The molecule has 0 bridgehead atoms. The van der Waals surface area contributed by atoms with Crippen LogP contribution in [0.5, 0.6) is 11.5 Å². The summed E-state index contributed by atoms with van der Waals surface area (Å²) >= 11 is 0. The summed E-state index contributed by atoms with van der Waals surface area (Å²) in [6, 6.07) is 51.0. The molecule has 7 nitrogen and oxygen atoms in total. The Morgan fingerprint density at radius 2 is 1.17 bits per heavy atom. The zero-order chi connectivity index (χ0) is 39.4. The minimum atomic E-state index is -0.695. The highest BCUT2D eigenvalue weighted by atomic mass is 16.5. The number of para-hydroxylation sites is 1. The number of hydrogen-bond donors (Lipinski definition) is 0. The third-order valence-corrected chi connectivity index (χ3v) is 11.7. The van der Waals surface area contributed by atoms with Crippen LogP contribution in [0.1, 0.15) is 27.8 Å². The molecule has 2 aliphatic carbocycles. The van der Waals surface area contributed by atoms with Crippen LogP contribution >= 0.6 is 0 Å². The summed E-state index contributed by atoms with van der Waals surface area (Å²) in [5.74, 6) is 1.39. The molecule has 7 aromatic carbocycles. The molecule has 10 rings (SSSR count). The molecule has 1 atom stereocenters. The van der Waals surface area contributed by atoms with Crippen LogP contribution in [-0.2, 0) is 14.9 Å². The Morgan fingerprint density at radius 1 is 0.569 bits per heavy atom. The van der Waals surface area contributed by atoms with E-state index in [1.54, 1.807) is 14.2 Å². The monoisotopic (exact) mass is 755 g/mol. The number of nitriles is 1. The lowest BCUT2D eigenvalue weighted by Gasteiger charge is -2.31. The quantitative estimate of drug-likeness (QED) is 0.103. The minimum Gasteiger partial charge on any atom is -0.491 e. The van der Waals surface area contributed by atoms with Crippen molar-refractivity contribution in [3.05, 3.63) is 179 Å². The first-order valence-electron chi connectivity index (χ1n) is 19.3. The maximum absolute atomic E-state index is 10.1. The summed E-state index contributed by atoms with van der Waals surface area (Å²) in [5, 5.41) is 12.4. The van der Waals surface area contributed by atoms with Crippen molar-refractivity contribution >= 4 is 27.5 Å². The van der Waals surface area contributed by atoms with Crippen molar-refractivity contribution in [3.8, 4) is 56.6 Å². The van der Waals surface area contributed by atoms with Crippen LogP contribution in [0, 0.1) is 17.9 Å². The molecule has 1 spiro atoms. The van der Waals surface area contributed by atoms with E-state index >= 15 is 0 Å². The van der Waals surface area contributed by atoms with Gasteiger partial charge in [-0.3, -0.25) is 0 Å². The van der Waals surface area contributed by atoms with Crippen LogP contribution in [0.2, 0.25) is 0 Å². The predicted octanol–water partition coefficient (Wildman–Crippen LogP) is 11.3. The lowest BCUT2D eigenvalue weighted by atomic mass is 9.70. The van der Waals surface area contributed by atoms with Gasteiger partial charge in [0.1, 0.15) is 24.7 Å². The van der Waals surface area contributed by atoms with E-state index in [9.17, 15) is 5.26 Å². The van der Waals surface area contributed by atoms with Gasteiger partial charge in [0.25, 0.3) is 0 Å². The second-order valence-corrected chi connectivity index (χ2v) is 14.7. The molecule has 58 heavy (non-hydrogen) atoms. The average molecular weight is 756 g/mol. The number of rotatable bonds is 10. The maximum Gasteiger partial charge on any atom is 0.187 e. The summed E-state index contributed by atoms with van der Waals surface area (Å²) in [7, 11) is 3.32. The van der Waals surface area contributed by atoms with Crippen molar-refractivity contribution in [2.75, 3.05) is 40.6 Å². The van der Waals surface area contributed by atoms with Gasteiger partial charge in [-0.2, -0.15) is 5.26 Å². The number of aromatic nitrogens is 1. The van der Waals surface area contributed by atoms with E-state index in [1.807, 2.05) is 30.3 Å². The lowest BCUT2D eigenvalue weighted by molar-refractivity contribution is 0.142. The van der Waals surface area contributed by atoms with E-state index in [2.05, 4.69) is 125 Å². The molecular formula is C51H37N3O4. The van der Waals surface area contributed by atoms with E-state index in [0.29, 0.717) is 49.2 Å². The number of fused-ring (bicyclic) bond motifs is 13. The van der Waals surface area contributed by atoms with Crippen LogP contribution in [0.15, 0.2) is 140 Å². The van der Waals surface area contributed by atoms with Crippen LogP contribution in [0.25, 0.3) is 65.7 Å². The van der Waals surface area contributed by atoms with E-state index < -0.39 is 5.41 Å². The van der Waals surface area contributed by atoms with E-state index in [1.165, 1.54) is 0 Å². The summed E-state index contributed by atoms with van der Waals surface area (Å²) in [5.41, 5.74) is 14.7. The molecule has 7 heteroatoms. The average Bonchev–Trinajstić information content (AvgIpc) is 3.87. The van der Waals surface area contributed by atoms with Gasteiger partial charge in [0.15, 0.2) is 5.69 Å². The van der Waals surface area contributed by atoms with Crippen molar-refractivity contribution in [1.29, 1.82) is 5.26 Å². The fraction of sp³-hybridized carbons (Fsp3) is 0.137. The SMILES string of the molecule is [C-]#[N+]c1ccc2c(c1)C1(c3ccccc3-c3ccc(-c4ccc5c(c4)c4ccccc4n5-c4cc(OCCOC)cc(OCCOC)c4)cc31)c1cc(C#N)ccc1-2. The molecular weight excluding hydrogens is 719 g/mol. The van der Waals surface area contributed by atoms with E-state index in [0.717, 1.165) is 83.1 Å². The molecule has 0 saturated carbocycles. The number of hydrogen-bond acceptors (Lipinski definition) is 5. The van der Waals surface area contributed by atoms with E-state index in [4.69, 9.17) is 25.5 Å². The Bertz CT molecular complexity index is 2950. The normalized spacial score (nSPS) is 14.5. The molecule has 280 valence electrons. The van der Waals surface area contributed by atoms with Gasteiger partial charge in [-0.15, -0.1) is 0 Å². The summed E-state index contributed by atoms with van der Waals surface area (Å²) in [4.78, 5) is 3.87. The van der Waals surface area contributed by atoms with Crippen LogP contribution < -0.4 is 9.47 Å². The highest BCUT2D eigenvalue weighted by Crippen LogP contribution is 2.63. The Morgan fingerprint density at radius 3 is 1.91 bits per heavy atom. The molecule has 0 aliphatic heterocycles. The Hall–Kier alpha value is -7.16. The summed E-state index contributed by atoms with van der Waals surface area (Å²) in [6.45, 7) is 9.73. The van der Waals surface area contributed by atoms with Gasteiger partial charge in [-0.05, 0) is 92.0 Å². The predicted molar refractivity (Wildman–Crippen MR) is 228 cm³/mol. The molecule has 0 radical (unpaired) electrons. The molecule has 0 fully saturated rings. The second-order valence-electron chi connectivity index (χ2n) is 14.7. The maximum atomic E-state index is 10.1. The lowest BCUT2D eigenvalue weighted by Crippen LogP contribution is -2.26. The molecule has 0 N–H and O–H groups in total. The first kappa shape index (κ1) is 35.3. The highest BCUT2D eigenvalue weighted by Gasteiger charge is 2.51. The van der Waals surface area contributed by atoms with Gasteiger partial charge in [0.2, 0.25) is 0 Å². The smallest absolute Gasteiger partial charge is 0.187 e. The number of ether oxygens (including phenoxy) is 4. The minimum absolute atomic E-state index is 0.415. The molecule has 1 aromatic heterocycles. The fourth-order valence-corrected chi connectivity index (χ4v) is 9.26. The zero-order valence-corrected chi connectivity index (χ0v) is 32.1. The van der Waals surface area contributed by atoms with E-state index in [-0.39, 0.29) is 0 Å². The number of methoxy groups -OCH3 is 2. The summed E-state index contributed by atoms with van der Waals surface area (Å²) in [6.07, 6.45) is 0. The summed E-state index contributed by atoms with van der Waals surface area (Å²) < 4.78 is 25.0.